The van der Waals surface area contributed by atoms with Gasteiger partial charge in [0.25, 0.3) is 0 Å². The first-order valence-electron chi connectivity index (χ1n) is 9.01. The molecule has 0 saturated heterocycles. The molecule has 2 aromatic carbocycles. The lowest BCUT2D eigenvalue weighted by Gasteiger charge is -2.20. The minimum Gasteiger partial charge on any atom is -0.335 e. The summed E-state index contributed by atoms with van der Waals surface area (Å²) in [5, 5.41) is 6.73. The third-order valence-corrected chi connectivity index (χ3v) is 4.66. The van der Waals surface area contributed by atoms with Crippen LogP contribution in [0.2, 0.25) is 5.02 Å². The van der Waals surface area contributed by atoms with Crippen LogP contribution in [0.25, 0.3) is 0 Å². The molecule has 0 spiro atoms. The number of carbonyl (C=O) groups excluding carboxylic acids is 2. The van der Waals surface area contributed by atoms with Crippen LogP contribution < -0.4 is 10.6 Å². The Morgan fingerprint density at radius 2 is 1.78 bits per heavy atom. The van der Waals surface area contributed by atoms with E-state index in [2.05, 4.69) is 10.6 Å². The molecule has 2 aromatic rings. The van der Waals surface area contributed by atoms with E-state index in [0.29, 0.717) is 5.02 Å². The van der Waals surface area contributed by atoms with Crippen molar-refractivity contribution < 1.29 is 9.59 Å². The van der Waals surface area contributed by atoms with Gasteiger partial charge in [0.15, 0.2) is 0 Å². The lowest BCUT2D eigenvalue weighted by molar-refractivity contribution is -0.132. The number of likely N-dealkylation sites (N-methyl/N-ethyl adjacent to an activating group) is 1. The number of hydrogen-bond donors (Lipinski definition) is 2. The highest BCUT2D eigenvalue weighted by molar-refractivity contribution is 6.30. The molecule has 0 bridgehead atoms. The van der Waals surface area contributed by atoms with Crippen LogP contribution in [0.1, 0.15) is 31.0 Å². The zero-order valence-corrected chi connectivity index (χ0v) is 16.7. The van der Waals surface area contributed by atoms with Gasteiger partial charge >= 0.3 is 0 Å². The molecule has 0 unspecified atom stereocenters. The third kappa shape index (κ3) is 6.38. The van der Waals surface area contributed by atoms with E-state index in [0.717, 1.165) is 23.2 Å². The first-order valence-corrected chi connectivity index (χ1v) is 9.39. The summed E-state index contributed by atoms with van der Waals surface area (Å²) in [5.74, 6) is -0.354. The Balaban J connectivity index is 1.82. The van der Waals surface area contributed by atoms with Crippen molar-refractivity contribution in [1.29, 1.82) is 0 Å². The second-order valence-corrected chi connectivity index (χ2v) is 6.90. The Morgan fingerprint density at radius 1 is 1.11 bits per heavy atom. The van der Waals surface area contributed by atoms with Crippen molar-refractivity contribution in [3.05, 3.63) is 64.7 Å². The summed E-state index contributed by atoms with van der Waals surface area (Å²) in [6.07, 6.45) is 0.831. The van der Waals surface area contributed by atoms with Gasteiger partial charge in [0.2, 0.25) is 11.8 Å². The molecule has 5 nitrogen and oxygen atoms in total. The van der Waals surface area contributed by atoms with Crippen molar-refractivity contribution in [2.75, 3.05) is 25.5 Å². The standard InChI is InChI=1S/C21H26ClN3O2/c1-4-16-7-5-6-8-19(16)24-20(26)14-25(3)21(27)13-23-15(2)17-9-11-18(22)12-10-17/h5-12,15,23H,4,13-14H2,1-3H3,(H,24,26)/t15-/m1/s1. The van der Waals surface area contributed by atoms with Crippen LogP contribution in [0.5, 0.6) is 0 Å². The summed E-state index contributed by atoms with van der Waals surface area (Å²) in [6, 6.07) is 15.2. The topological polar surface area (TPSA) is 61.4 Å². The smallest absolute Gasteiger partial charge is 0.243 e. The Hall–Kier alpha value is -2.37. The van der Waals surface area contributed by atoms with Gasteiger partial charge in [-0.1, -0.05) is 48.9 Å². The van der Waals surface area contributed by atoms with Gasteiger partial charge in [-0.2, -0.15) is 0 Å². The van der Waals surface area contributed by atoms with Gasteiger partial charge in [-0.15, -0.1) is 0 Å². The van der Waals surface area contributed by atoms with Crippen molar-refractivity contribution in [3.8, 4) is 0 Å². The number of nitrogens with one attached hydrogen (secondary N) is 2. The molecule has 0 aliphatic heterocycles. The first-order chi connectivity index (χ1) is 12.9. The molecule has 0 radical (unpaired) electrons. The predicted molar refractivity (Wildman–Crippen MR) is 110 cm³/mol. The van der Waals surface area contributed by atoms with Crippen LogP contribution in [0.3, 0.4) is 0 Å². The van der Waals surface area contributed by atoms with Gasteiger partial charge in [-0.05, 0) is 42.7 Å². The van der Waals surface area contributed by atoms with Gasteiger partial charge in [0.1, 0.15) is 0 Å². The second kappa shape index (κ2) is 10.1. The molecule has 0 heterocycles. The van der Waals surface area contributed by atoms with Crippen LogP contribution in [-0.2, 0) is 16.0 Å². The van der Waals surface area contributed by atoms with Crippen LogP contribution in [0.15, 0.2) is 48.5 Å². The number of para-hydroxylation sites is 1. The molecule has 0 fully saturated rings. The fraction of sp³-hybridized carbons (Fsp3) is 0.333. The predicted octanol–water partition coefficient (Wildman–Crippen LogP) is 3.65. The molecule has 144 valence electrons. The number of carbonyl (C=O) groups is 2. The van der Waals surface area contributed by atoms with Crippen molar-refractivity contribution in [2.45, 2.75) is 26.3 Å². The largest absolute Gasteiger partial charge is 0.335 e. The summed E-state index contributed by atoms with van der Waals surface area (Å²) in [4.78, 5) is 26.0. The lowest BCUT2D eigenvalue weighted by atomic mass is 10.1. The molecule has 0 saturated carbocycles. The van der Waals surface area contributed by atoms with Gasteiger partial charge in [-0.25, -0.2) is 0 Å². The van der Waals surface area contributed by atoms with E-state index in [-0.39, 0.29) is 30.9 Å². The van der Waals surface area contributed by atoms with E-state index >= 15 is 0 Å². The van der Waals surface area contributed by atoms with E-state index in [1.54, 1.807) is 7.05 Å². The van der Waals surface area contributed by atoms with Gasteiger partial charge in [0.05, 0.1) is 13.1 Å². The maximum atomic E-state index is 12.3. The highest BCUT2D eigenvalue weighted by atomic mass is 35.5. The number of hydrogen-bond acceptors (Lipinski definition) is 3. The molecule has 0 aliphatic rings. The minimum atomic E-state index is -0.211. The molecule has 1 atom stereocenters. The van der Waals surface area contributed by atoms with Crippen molar-refractivity contribution in [1.82, 2.24) is 10.2 Å². The molecule has 2 rings (SSSR count). The fourth-order valence-electron chi connectivity index (χ4n) is 2.69. The maximum absolute atomic E-state index is 12.3. The highest BCUT2D eigenvalue weighted by Crippen LogP contribution is 2.16. The summed E-state index contributed by atoms with van der Waals surface area (Å²) in [6.45, 7) is 4.17. The zero-order valence-electron chi connectivity index (χ0n) is 16.0. The van der Waals surface area contributed by atoms with E-state index in [1.165, 1.54) is 4.90 Å². The van der Waals surface area contributed by atoms with E-state index in [9.17, 15) is 9.59 Å². The van der Waals surface area contributed by atoms with Crippen molar-refractivity contribution in [3.63, 3.8) is 0 Å². The summed E-state index contributed by atoms with van der Waals surface area (Å²) < 4.78 is 0. The number of benzene rings is 2. The average Bonchev–Trinajstić information content (AvgIpc) is 2.66. The van der Waals surface area contributed by atoms with Crippen LogP contribution >= 0.6 is 11.6 Å². The Bertz CT molecular complexity index is 777. The van der Waals surface area contributed by atoms with Crippen LogP contribution in [0.4, 0.5) is 5.69 Å². The molecule has 27 heavy (non-hydrogen) atoms. The number of anilines is 1. The Kier molecular flexibility index (Phi) is 7.82. The number of halogens is 1. The van der Waals surface area contributed by atoms with Crippen molar-refractivity contribution >= 4 is 29.1 Å². The summed E-state index contributed by atoms with van der Waals surface area (Å²) in [7, 11) is 1.63. The Labute approximate surface area is 165 Å². The third-order valence-electron chi connectivity index (χ3n) is 4.41. The minimum absolute atomic E-state index is 0.00451. The molecule has 2 N–H and O–H groups in total. The quantitative estimate of drug-likeness (QED) is 0.726. The monoisotopic (exact) mass is 387 g/mol. The summed E-state index contributed by atoms with van der Waals surface area (Å²) >= 11 is 5.89. The SMILES string of the molecule is CCc1ccccc1NC(=O)CN(C)C(=O)CN[C@H](C)c1ccc(Cl)cc1. The zero-order chi connectivity index (χ0) is 19.8. The van der Waals surface area contributed by atoms with E-state index < -0.39 is 0 Å². The second-order valence-electron chi connectivity index (χ2n) is 6.46. The molecular formula is C21H26ClN3O2. The van der Waals surface area contributed by atoms with Gasteiger partial charge in [0, 0.05) is 23.8 Å². The first kappa shape index (κ1) is 20.9. The lowest BCUT2D eigenvalue weighted by Crippen LogP contribution is -2.40. The normalized spacial score (nSPS) is 11.7. The van der Waals surface area contributed by atoms with E-state index in [1.807, 2.05) is 62.4 Å². The number of rotatable bonds is 8. The summed E-state index contributed by atoms with van der Waals surface area (Å²) in [5.41, 5.74) is 2.90. The number of nitrogens with zero attached hydrogens (tertiary/aromatic N) is 1. The van der Waals surface area contributed by atoms with Crippen LogP contribution in [-0.4, -0.2) is 36.9 Å². The van der Waals surface area contributed by atoms with Crippen LogP contribution in [0, 0.1) is 0 Å². The van der Waals surface area contributed by atoms with E-state index in [4.69, 9.17) is 11.6 Å². The molecule has 2 amide bonds. The highest BCUT2D eigenvalue weighted by Gasteiger charge is 2.15. The maximum Gasteiger partial charge on any atom is 0.243 e. The molecule has 0 aromatic heterocycles. The number of aryl methyl sites for hydroxylation is 1. The van der Waals surface area contributed by atoms with Gasteiger partial charge < -0.3 is 15.5 Å². The Morgan fingerprint density at radius 3 is 2.44 bits per heavy atom. The molecular weight excluding hydrogens is 362 g/mol. The molecule has 6 heteroatoms. The van der Waals surface area contributed by atoms with Gasteiger partial charge in [-0.3, -0.25) is 9.59 Å². The average molecular weight is 388 g/mol. The fourth-order valence-corrected chi connectivity index (χ4v) is 2.81. The molecule has 0 aliphatic carbocycles. The van der Waals surface area contributed by atoms with Crippen molar-refractivity contribution in [2.24, 2.45) is 0 Å². The number of amides is 2.